The average molecular weight is 1140 g/mol. The van der Waals surface area contributed by atoms with Crippen LogP contribution in [0.1, 0.15) is 226 Å². The standard InChI is InChI=1S/C71H117N2O7P/c1-7-10-13-16-19-22-25-27-29-31-33-34-35-36-37-38-40-41-43-45-48-51-54-57-60-63-70(74)72-68(67-79-81(76,77)78-66-65-73(4,5)6)69(62-59-56-53-50-47-24-21-18-15-12-9-3)80-71(75)64-61-58-55-52-49-46-44-42-39-32-30-28-26-23-20-17-14-11-8-2/h10-11,13-14,19-20,22-23,27-30,33-34,36-37,39-42,46,49,55,58-59,62,68-69H,7-9,12,15-18,21,24-26,31-32,35,38,43-45,47-48,50-54,56-57,60-61,63-67H2,1-6H3,(H-,72,74,76,77)/p+1/b13-10-,14-11-,22-19-,23-20-,29-27-,30-28-,34-33-,37-36-,41-40-,42-39-,49-46-,58-55-,62-59-. The number of phosphoric ester groups is 1. The Morgan fingerprint density at radius 2 is 0.802 bits per heavy atom. The third kappa shape index (κ3) is 60.1. The predicted octanol–water partition coefficient (Wildman–Crippen LogP) is 20.0. The number of hydrogen-bond donors (Lipinski definition) is 2. The highest BCUT2D eigenvalue weighted by molar-refractivity contribution is 7.47. The summed E-state index contributed by atoms with van der Waals surface area (Å²) in [4.78, 5) is 37.7. The number of quaternary nitrogens is 1. The van der Waals surface area contributed by atoms with Crippen molar-refractivity contribution in [3.63, 3.8) is 0 Å². The number of carbonyl (C=O) groups excluding carboxylic acids is 2. The first kappa shape index (κ1) is 76.6. The lowest BCUT2D eigenvalue weighted by Crippen LogP contribution is -2.47. The van der Waals surface area contributed by atoms with E-state index < -0.39 is 25.9 Å². The summed E-state index contributed by atoms with van der Waals surface area (Å²) in [6.45, 7) is 6.69. The summed E-state index contributed by atoms with van der Waals surface area (Å²) in [6.07, 6.45) is 86.9. The monoisotopic (exact) mass is 1140 g/mol. The molecule has 10 heteroatoms. The zero-order valence-corrected chi connectivity index (χ0v) is 53.1. The highest BCUT2D eigenvalue weighted by Crippen LogP contribution is 2.43. The van der Waals surface area contributed by atoms with E-state index >= 15 is 0 Å². The molecule has 2 N–H and O–H groups in total. The Morgan fingerprint density at radius 1 is 0.444 bits per heavy atom. The molecule has 0 aliphatic rings. The summed E-state index contributed by atoms with van der Waals surface area (Å²) < 4.78 is 30.6. The van der Waals surface area contributed by atoms with Crippen LogP contribution in [0.2, 0.25) is 0 Å². The summed E-state index contributed by atoms with van der Waals surface area (Å²) in [7, 11) is 1.42. The molecule has 0 saturated heterocycles. The number of phosphoric acid groups is 1. The SMILES string of the molecule is CC/C=C\C/C=C\C/C=C\C/C=C\C/C=C\C/C=C\CCCCCCCCC(=O)NC(COP(=O)(O)OCC[N+](C)(C)C)C(/C=C\CCCCCCCCCCC)OC(=O)CC/C=C\C/C=C\C/C=C\C/C=C\C/C=C\C/C=C\CC. The van der Waals surface area contributed by atoms with Crippen molar-refractivity contribution in [2.45, 2.75) is 238 Å². The minimum atomic E-state index is -4.48. The minimum absolute atomic E-state index is 0.0163. The van der Waals surface area contributed by atoms with Gasteiger partial charge in [0.2, 0.25) is 5.91 Å². The summed E-state index contributed by atoms with van der Waals surface area (Å²) in [6, 6.07) is -0.900. The van der Waals surface area contributed by atoms with Crippen LogP contribution in [0.3, 0.4) is 0 Å². The van der Waals surface area contributed by atoms with E-state index in [0.717, 1.165) is 135 Å². The van der Waals surface area contributed by atoms with E-state index in [1.165, 1.54) is 44.9 Å². The van der Waals surface area contributed by atoms with E-state index in [4.69, 9.17) is 13.8 Å². The van der Waals surface area contributed by atoms with Gasteiger partial charge < -0.3 is 19.4 Å². The molecular weight excluding hydrogens is 1020 g/mol. The van der Waals surface area contributed by atoms with E-state index in [-0.39, 0.29) is 32.0 Å². The molecular formula is C71H118N2O7P+. The molecule has 81 heavy (non-hydrogen) atoms. The van der Waals surface area contributed by atoms with Crippen LogP contribution in [-0.2, 0) is 27.9 Å². The zero-order valence-electron chi connectivity index (χ0n) is 52.2. The van der Waals surface area contributed by atoms with Crippen molar-refractivity contribution >= 4 is 19.7 Å². The molecule has 0 aliphatic heterocycles. The normalized spacial score (nSPS) is 14.7. The number of nitrogens with one attached hydrogen (secondary N) is 1. The number of nitrogens with zero attached hydrogens (tertiary/aromatic N) is 1. The number of likely N-dealkylation sites (N-methyl/N-ethyl adjacent to an activating group) is 1. The van der Waals surface area contributed by atoms with Crippen molar-refractivity contribution in [3.8, 4) is 0 Å². The molecule has 3 atom stereocenters. The van der Waals surface area contributed by atoms with Crippen molar-refractivity contribution in [1.29, 1.82) is 0 Å². The van der Waals surface area contributed by atoms with Gasteiger partial charge in [-0.3, -0.25) is 18.6 Å². The van der Waals surface area contributed by atoms with Gasteiger partial charge in [-0.2, -0.15) is 0 Å². The quantitative estimate of drug-likeness (QED) is 0.0205. The summed E-state index contributed by atoms with van der Waals surface area (Å²) in [5, 5.41) is 3.02. The molecule has 0 aliphatic carbocycles. The van der Waals surface area contributed by atoms with Gasteiger partial charge in [0.05, 0.1) is 33.8 Å². The second kappa shape index (κ2) is 58.8. The number of ether oxygens (including phenoxy) is 1. The number of amides is 1. The number of esters is 1. The van der Waals surface area contributed by atoms with Crippen LogP contribution in [0, 0.1) is 0 Å². The van der Waals surface area contributed by atoms with Gasteiger partial charge in [-0.1, -0.05) is 250 Å². The number of allylic oxidation sites excluding steroid dienone is 25. The summed E-state index contributed by atoms with van der Waals surface area (Å²) in [5.41, 5.74) is 0. The van der Waals surface area contributed by atoms with Crippen molar-refractivity contribution in [1.82, 2.24) is 5.32 Å². The molecule has 0 aromatic carbocycles. The molecule has 0 bridgehead atoms. The van der Waals surface area contributed by atoms with E-state index in [9.17, 15) is 19.0 Å². The van der Waals surface area contributed by atoms with Gasteiger partial charge in [0.15, 0.2) is 0 Å². The van der Waals surface area contributed by atoms with Crippen molar-refractivity contribution in [3.05, 3.63) is 158 Å². The number of carbonyl (C=O) groups is 2. The second-order valence-electron chi connectivity index (χ2n) is 21.8. The summed E-state index contributed by atoms with van der Waals surface area (Å²) in [5.74, 6) is -0.634. The number of unbranched alkanes of at least 4 members (excludes halogenated alkanes) is 15. The fraction of sp³-hybridized carbons (Fsp3) is 0.606. The van der Waals surface area contributed by atoms with Crippen LogP contribution in [-0.4, -0.2) is 74.3 Å². The van der Waals surface area contributed by atoms with E-state index in [1.807, 2.05) is 45.4 Å². The molecule has 9 nitrogen and oxygen atoms in total. The third-order valence-electron chi connectivity index (χ3n) is 13.0. The van der Waals surface area contributed by atoms with Gasteiger partial charge in [0, 0.05) is 12.8 Å². The van der Waals surface area contributed by atoms with Gasteiger partial charge in [-0.15, -0.1) is 0 Å². The number of hydrogen-bond acceptors (Lipinski definition) is 6. The molecule has 458 valence electrons. The third-order valence-corrected chi connectivity index (χ3v) is 14.0. The molecule has 0 heterocycles. The topological polar surface area (TPSA) is 111 Å². The van der Waals surface area contributed by atoms with Gasteiger partial charge in [0.1, 0.15) is 19.3 Å². The first-order valence-electron chi connectivity index (χ1n) is 31.8. The Hall–Kier alpha value is -4.37. The first-order chi connectivity index (χ1) is 39.4. The maximum atomic E-state index is 13.6. The van der Waals surface area contributed by atoms with Gasteiger partial charge in [-0.05, 0) is 122 Å². The molecule has 0 aromatic rings. The second-order valence-corrected chi connectivity index (χ2v) is 23.3. The smallest absolute Gasteiger partial charge is 0.456 e. The minimum Gasteiger partial charge on any atom is -0.456 e. The molecule has 0 saturated carbocycles. The lowest BCUT2D eigenvalue weighted by Gasteiger charge is -2.27. The van der Waals surface area contributed by atoms with Crippen LogP contribution >= 0.6 is 7.82 Å². The fourth-order valence-electron chi connectivity index (χ4n) is 8.14. The van der Waals surface area contributed by atoms with Crippen LogP contribution in [0.15, 0.2) is 158 Å². The lowest BCUT2D eigenvalue weighted by molar-refractivity contribution is -0.870. The average Bonchev–Trinajstić information content (AvgIpc) is 3.44. The van der Waals surface area contributed by atoms with E-state index in [2.05, 4.69) is 160 Å². The van der Waals surface area contributed by atoms with Crippen LogP contribution in [0.5, 0.6) is 0 Å². The summed E-state index contributed by atoms with van der Waals surface area (Å²) >= 11 is 0. The lowest BCUT2D eigenvalue weighted by atomic mass is 10.1. The Labute approximate surface area is 497 Å². The molecule has 3 unspecified atom stereocenters. The Morgan fingerprint density at radius 3 is 1.21 bits per heavy atom. The molecule has 0 rings (SSSR count). The predicted molar refractivity (Wildman–Crippen MR) is 350 cm³/mol. The van der Waals surface area contributed by atoms with E-state index in [0.29, 0.717) is 23.9 Å². The Bertz CT molecular complexity index is 1940. The molecule has 0 radical (unpaired) electrons. The van der Waals surface area contributed by atoms with Gasteiger partial charge in [0.25, 0.3) is 0 Å². The van der Waals surface area contributed by atoms with Crippen LogP contribution in [0.4, 0.5) is 0 Å². The molecule has 0 aromatic heterocycles. The van der Waals surface area contributed by atoms with Crippen molar-refractivity contribution < 1.29 is 37.3 Å². The maximum Gasteiger partial charge on any atom is 0.472 e. The van der Waals surface area contributed by atoms with Crippen molar-refractivity contribution in [2.24, 2.45) is 0 Å². The highest BCUT2D eigenvalue weighted by Gasteiger charge is 2.30. The van der Waals surface area contributed by atoms with Crippen LogP contribution < -0.4 is 5.32 Å². The highest BCUT2D eigenvalue weighted by atomic mass is 31.2. The van der Waals surface area contributed by atoms with Crippen LogP contribution in [0.25, 0.3) is 0 Å². The Balaban J connectivity index is 5.31. The molecule has 0 spiro atoms. The van der Waals surface area contributed by atoms with E-state index in [1.54, 1.807) is 0 Å². The van der Waals surface area contributed by atoms with Gasteiger partial charge >= 0.3 is 13.8 Å². The molecule has 0 fully saturated rings. The van der Waals surface area contributed by atoms with Crippen molar-refractivity contribution in [2.75, 3.05) is 40.9 Å². The zero-order chi connectivity index (χ0) is 59.3. The largest absolute Gasteiger partial charge is 0.472 e. The molecule has 1 amide bonds. The Kier molecular flexibility index (Phi) is 55.6. The van der Waals surface area contributed by atoms with Gasteiger partial charge in [-0.25, -0.2) is 4.57 Å². The first-order valence-corrected chi connectivity index (χ1v) is 33.3. The maximum absolute atomic E-state index is 13.6. The number of rotatable bonds is 55. The fourth-order valence-corrected chi connectivity index (χ4v) is 8.88.